The van der Waals surface area contributed by atoms with Crippen LogP contribution in [0, 0.1) is 11.6 Å². The number of fused-ring (bicyclic) bond motifs is 1. The monoisotopic (exact) mass is 588 g/mol. The van der Waals surface area contributed by atoms with Crippen molar-refractivity contribution in [1.29, 1.82) is 0 Å². The Hall–Kier alpha value is -4.87. The number of tetrazole rings is 1. The van der Waals surface area contributed by atoms with Crippen LogP contribution in [-0.2, 0) is 22.7 Å². The third-order valence-electron chi connectivity index (χ3n) is 7.65. The zero-order valence-corrected chi connectivity index (χ0v) is 23.3. The van der Waals surface area contributed by atoms with E-state index in [0.717, 1.165) is 36.9 Å². The van der Waals surface area contributed by atoms with E-state index in [1.54, 1.807) is 30.3 Å². The SMILES string of the molecule is O=C(NC1CCCCC1)[C@H](c1ccc(F)cc1)N(Cc1ccc2c(c1)OCO2)C(=O)Cn1nnc(-c2ccccc2F)n1. The summed E-state index contributed by atoms with van der Waals surface area (Å²) >= 11 is 0. The molecule has 2 amide bonds. The number of aromatic nitrogens is 4. The van der Waals surface area contributed by atoms with Gasteiger partial charge in [0, 0.05) is 12.6 Å². The van der Waals surface area contributed by atoms with Crippen LogP contribution in [0.4, 0.5) is 8.78 Å². The minimum absolute atomic E-state index is 0.0183. The van der Waals surface area contributed by atoms with Gasteiger partial charge >= 0.3 is 0 Å². The quantitative estimate of drug-likeness (QED) is 0.305. The molecular formula is C31H30F2N6O4. The van der Waals surface area contributed by atoms with Gasteiger partial charge in [0.05, 0.1) is 5.56 Å². The van der Waals surface area contributed by atoms with Crippen LogP contribution in [0.2, 0.25) is 0 Å². The number of nitrogens with one attached hydrogen (secondary N) is 1. The van der Waals surface area contributed by atoms with Crippen molar-refractivity contribution in [3.8, 4) is 22.9 Å². The summed E-state index contributed by atoms with van der Waals surface area (Å²) in [4.78, 5) is 30.5. The number of nitrogens with zero attached hydrogens (tertiary/aromatic N) is 5. The minimum Gasteiger partial charge on any atom is -0.454 e. The van der Waals surface area contributed by atoms with Crippen LogP contribution < -0.4 is 14.8 Å². The molecule has 222 valence electrons. The summed E-state index contributed by atoms with van der Waals surface area (Å²) in [5, 5.41) is 15.2. The lowest BCUT2D eigenvalue weighted by Crippen LogP contribution is -2.47. The Kier molecular flexibility index (Phi) is 8.25. The molecule has 0 spiro atoms. The average Bonchev–Trinajstić information content (AvgIpc) is 3.68. The minimum atomic E-state index is -1.09. The maximum atomic E-state index is 14.3. The van der Waals surface area contributed by atoms with E-state index in [1.165, 1.54) is 41.3 Å². The number of halogens is 2. The Balaban J connectivity index is 1.34. The van der Waals surface area contributed by atoms with E-state index >= 15 is 0 Å². The van der Waals surface area contributed by atoms with Gasteiger partial charge < -0.3 is 19.7 Å². The Morgan fingerprint density at radius 2 is 1.74 bits per heavy atom. The molecule has 1 saturated carbocycles. The molecule has 2 aliphatic rings. The van der Waals surface area contributed by atoms with E-state index < -0.39 is 23.6 Å². The summed E-state index contributed by atoms with van der Waals surface area (Å²) in [7, 11) is 0. The Morgan fingerprint density at radius 3 is 2.53 bits per heavy atom. The Labute approximate surface area is 246 Å². The van der Waals surface area contributed by atoms with Gasteiger partial charge in [0.15, 0.2) is 11.5 Å². The predicted octanol–water partition coefficient (Wildman–Crippen LogP) is 4.57. The van der Waals surface area contributed by atoms with Gasteiger partial charge in [-0.3, -0.25) is 9.59 Å². The van der Waals surface area contributed by atoms with Gasteiger partial charge in [0.1, 0.15) is 24.2 Å². The standard InChI is InChI=1S/C31H30F2N6O4/c32-22-13-11-21(12-14-22)29(31(41)34-23-6-2-1-3-7-23)38(17-20-10-15-26-27(16-20)43-19-42-26)28(40)18-39-36-30(35-37-39)24-8-4-5-9-25(24)33/h4-5,8-16,23,29H,1-3,6-7,17-19H2,(H,34,41)/t29-/m0/s1. The summed E-state index contributed by atoms with van der Waals surface area (Å²) in [6.07, 6.45) is 4.82. The number of rotatable bonds is 9. The lowest BCUT2D eigenvalue weighted by atomic mass is 9.94. The number of carbonyl (C=O) groups is 2. The van der Waals surface area contributed by atoms with E-state index in [9.17, 15) is 18.4 Å². The molecule has 1 atom stereocenters. The molecule has 0 unspecified atom stereocenters. The Bertz CT molecular complexity index is 1610. The van der Waals surface area contributed by atoms with Gasteiger partial charge in [-0.05, 0) is 65.6 Å². The summed E-state index contributed by atoms with van der Waals surface area (Å²) in [5.41, 5.74) is 1.28. The summed E-state index contributed by atoms with van der Waals surface area (Å²) < 4.78 is 39.2. The fraction of sp³-hybridized carbons (Fsp3) is 0.323. The lowest BCUT2D eigenvalue weighted by Gasteiger charge is -2.33. The van der Waals surface area contributed by atoms with Gasteiger partial charge in [-0.2, -0.15) is 4.80 Å². The van der Waals surface area contributed by atoms with Crippen molar-refractivity contribution >= 4 is 11.8 Å². The van der Waals surface area contributed by atoms with E-state index in [1.807, 2.05) is 0 Å². The molecule has 1 aliphatic carbocycles. The largest absolute Gasteiger partial charge is 0.454 e. The first kappa shape index (κ1) is 28.3. The number of ether oxygens (including phenoxy) is 2. The first-order chi connectivity index (χ1) is 20.9. The van der Waals surface area contributed by atoms with Crippen LogP contribution in [0.5, 0.6) is 11.5 Å². The Morgan fingerprint density at radius 1 is 0.977 bits per heavy atom. The van der Waals surface area contributed by atoms with Crippen molar-refractivity contribution in [3.05, 3.63) is 89.5 Å². The zero-order valence-electron chi connectivity index (χ0n) is 23.3. The third-order valence-corrected chi connectivity index (χ3v) is 7.65. The number of benzene rings is 3. The van der Waals surface area contributed by atoms with Gasteiger partial charge in [-0.1, -0.05) is 49.6 Å². The summed E-state index contributed by atoms with van der Waals surface area (Å²) in [5.74, 6) is -0.709. The topological polar surface area (TPSA) is 111 Å². The van der Waals surface area contributed by atoms with Crippen molar-refractivity contribution in [1.82, 2.24) is 30.4 Å². The lowest BCUT2D eigenvalue weighted by molar-refractivity contribution is -0.142. The molecule has 43 heavy (non-hydrogen) atoms. The van der Waals surface area contributed by atoms with Crippen molar-refractivity contribution in [2.24, 2.45) is 0 Å². The van der Waals surface area contributed by atoms with Crippen molar-refractivity contribution in [3.63, 3.8) is 0 Å². The van der Waals surface area contributed by atoms with Gasteiger partial charge in [0.25, 0.3) is 0 Å². The molecule has 1 aromatic heterocycles. The van der Waals surface area contributed by atoms with Crippen LogP contribution in [0.15, 0.2) is 66.7 Å². The maximum absolute atomic E-state index is 14.3. The highest BCUT2D eigenvalue weighted by atomic mass is 19.1. The second-order valence-electron chi connectivity index (χ2n) is 10.6. The number of hydrogen-bond acceptors (Lipinski definition) is 7. The van der Waals surface area contributed by atoms with E-state index in [2.05, 4.69) is 20.7 Å². The van der Waals surface area contributed by atoms with Crippen LogP contribution >= 0.6 is 0 Å². The van der Waals surface area contributed by atoms with Crippen molar-refractivity contribution < 1.29 is 27.8 Å². The molecular weight excluding hydrogens is 558 g/mol. The summed E-state index contributed by atoms with van der Waals surface area (Å²) in [6.45, 7) is -0.267. The molecule has 10 nitrogen and oxygen atoms in total. The second kappa shape index (κ2) is 12.6. The molecule has 6 rings (SSSR count). The fourth-order valence-electron chi connectivity index (χ4n) is 5.48. The highest BCUT2D eigenvalue weighted by Crippen LogP contribution is 2.34. The number of carbonyl (C=O) groups excluding carboxylic acids is 2. The molecule has 0 radical (unpaired) electrons. The smallest absolute Gasteiger partial charge is 0.247 e. The van der Waals surface area contributed by atoms with Gasteiger partial charge in [0.2, 0.25) is 24.4 Å². The van der Waals surface area contributed by atoms with E-state index in [4.69, 9.17) is 9.47 Å². The van der Waals surface area contributed by atoms with Crippen molar-refractivity contribution in [2.75, 3.05) is 6.79 Å². The molecule has 0 saturated heterocycles. The number of hydrogen-bond donors (Lipinski definition) is 1. The van der Waals surface area contributed by atoms with E-state index in [0.29, 0.717) is 22.6 Å². The van der Waals surface area contributed by atoms with Crippen LogP contribution in [-0.4, -0.2) is 49.8 Å². The highest BCUT2D eigenvalue weighted by molar-refractivity contribution is 5.89. The molecule has 1 fully saturated rings. The molecule has 2 heterocycles. The van der Waals surface area contributed by atoms with Crippen LogP contribution in [0.3, 0.4) is 0 Å². The maximum Gasteiger partial charge on any atom is 0.247 e. The molecule has 3 aromatic carbocycles. The first-order valence-corrected chi connectivity index (χ1v) is 14.2. The first-order valence-electron chi connectivity index (χ1n) is 14.2. The zero-order chi connectivity index (χ0) is 29.8. The van der Waals surface area contributed by atoms with Crippen LogP contribution in [0.1, 0.15) is 49.3 Å². The average molecular weight is 589 g/mol. The third kappa shape index (κ3) is 6.47. The van der Waals surface area contributed by atoms with Gasteiger partial charge in [-0.25, -0.2) is 8.78 Å². The molecule has 1 N–H and O–H groups in total. The normalized spacial score (nSPS) is 15.2. The van der Waals surface area contributed by atoms with Gasteiger partial charge in [-0.15, -0.1) is 10.2 Å². The highest BCUT2D eigenvalue weighted by Gasteiger charge is 2.34. The summed E-state index contributed by atoms with van der Waals surface area (Å²) in [6, 6.07) is 15.7. The fourth-order valence-corrected chi connectivity index (χ4v) is 5.48. The molecule has 12 heteroatoms. The van der Waals surface area contributed by atoms with E-state index in [-0.39, 0.29) is 43.2 Å². The van der Waals surface area contributed by atoms with Crippen LogP contribution in [0.25, 0.3) is 11.4 Å². The molecule has 0 bridgehead atoms. The van der Waals surface area contributed by atoms with Crippen molar-refractivity contribution in [2.45, 2.75) is 57.3 Å². The second-order valence-corrected chi connectivity index (χ2v) is 10.6. The number of amides is 2. The molecule has 4 aromatic rings. The molecule has 1 aliphatic heterocycles. The predicted molar refractivity (Wildman–Crippen MR) is 150 cm³/mol.